The molecule has 1 aromatic carbocycles. The standard InChI is InChI=1S/C12H15BrO3/c1-2-7-12(16,8-11(14)15)9-3-5-10(13)6-4-9/h3-6,16H,2,7-8H2,1H3,(H,14,15). The number of rotatable bonds is 5. The molecule has 2 N–H and O–H groups in total. The lowest BCUT2D eigenvalue weighted by molar-refractivity contribution is -0.143. The van der Waals surface area contributed by atoms with Crippen LogP contribution in [0.2, 0.25) is 0 Å². The summed E-state index contributed by atoms with van der Waals surface area (Å²) >= 11 is 3.30. The zero-order chi connectivity index (χ0) is 12.2. The summed E-state index contributed by atoms with van der Waals surface area (Å²) in [7, 11) is 0. The average molecular weight is 287 g/mol. The molecule has 0 radical (unpaired) electrons. The minimum atomic E-state index is -1.26. The first-order valence-electron chi connectivity index (χ1n) is 5.18. The van der Waals surface area contributed by atoms with Crippen LogP contribution >= 0.6 is 15.9 Å². The van der Waals surface area contributed by atoms with Gasteiger partial charge in [-0.3, -0.25) is 4.79 Å². The van der Waals surface area contributed by atoms with Crippen LogP contribution in [0.1, 0.15) is 31.7 Å². The van der Waals surface area contributed by atoms with Crippen molar-refractivity contribution in [3.8, 4) is 0 Å². The maximum Gasteiger partial charge on any atom is 0.306 e. The Labute approximate surface area is 103 Å². The fraction of sp³-hybridized carbons (Fsp3) is 0.417. The number of carboxylic acids is 1. The van der Waals surface area contributed by atoms with Crippen molar-refractivity contribution < 1.29 is 15.0 Å². The number of hydrogen-bond donors (Lipinski definition) is 2. The molecule has 0 amide bonds. The molecule has 0 heterocycles. The molecule has 1 atom stereocenters. The summed E-state index contributed by atoms with van der Waals surface area (Å²) in [6.07, 6.45) is 0.920. The normalized spacial score (nSPS) is 14.4. The summed E-state index contributed by atoms with van der Waals surface area (Å²) in [5.41, 5.74) is -0.610. The summed E-state index contributed by atoms with van der Waals surface area (Å²) < 4.78 is 0.908. The van der Waals surface area contributed by atoms with Crippen molar-refractivity contribution in [2.45, 2.75) is 31.8 Å². The van der Waals surface area contributed by atoms with E-state index in [1.165, 1.54) is 0 Å². The molecule has 0 bridgehead atoms. The van der Waals surface area contributed by atoms with E-state index in [1.807, 2.05) is 6.92 Å². The summed E-state index contributed by atoms with van der Waals surface area (Å²) in [5, 5.41) is 19.2. The average Bonchev–Trinajstić information content (AvgIpc) is 2.17. The van der Waals surface area contributed by atoms with E-state index < -0.39 is 11.6 Å². The molecule has 16 heavy (non-hydrogen) atoms. The molecule has 0 saturated heterocycles. The highest BCUT2D eigenvalue weighted by Gasteiger charge is 2.31. The lowest BCUT2D eigenvalue weighted by Gasteiger charge is -2.26. The van der Waals surface area contributed by atoms with Crippen LogP contribution in [0.4, 0.5) is 0 Å². The van der Waals surface area contributed by atoms with Gasteiger partial charge in [-0.1, -0.05) is 41.4 Å². The van der Waals surface area contributed by atoms with Gasteiger partial charge < -0.3 is 10.2 Å². The first-order valence-corrected chi connectivity index (χ1v) is 5.97. The van der Waals surface area contributed by atoms with Gasteiger partial charge in [0.2, 0.25) is 0 Å². The molecule has 0 spiro atoms. The van der Waals surface area contributed by atoms with Crippen LogP contribution in [0.3, 0.4) is 0 Å². The second kappa shape index (κ2) is 5.46. The van der Waals surface area contributed by atoms with E-state index in [2.05, 4.69) is 15.9 Å². The molecule has 0 aliphatic heterocycles. The van der Waals surface area contributed by atoms with Crippen LogP contribution in [0.5, 0.6) is 0 Å². The van der Waals surface area contributed by atoms with Gasteiger partial charge in [-0.15, -0.1) is 0 Å². The molecule has 0 aliphatic carbocycles. The Hall–Kier alpha value is -0.870. The van der Waals surface area contributed by atoms with Gasteiger partial charge in [0.25, 0.3) is 0 Å². The molecule has 0 aliphatic rings. The summed E-state index contributed by atoms with van der Waals surface area (Å²) in [5.74, 6) is -0.987. The monoisotopic (exact) mass is 286 g/mol. The zero-order valence-corrected chi connectivity index (χ0v) is 10.7. The van der Waals surface area contributed by atoms with E-state index in [0.717, 1.165) is 10.9 Å². The molecule has 0 aromatic heterocycles. The topological polar surface area (TPSA) is 57.5 Å². The molecule has 0 fully saturated rings. The lowest BCUT2D eigenvalue weighted by Crippen LogP contribution is -2.28. The van der Waals surface area contributed by atoms with Crippen molar-refractivity contribution in [2.75, 3.05) is 0 Å². The highest BCUT2D eigenvalue weighted by atomic mass is 79.9. The maximum atomic E-state index is 10.8. The lowest BCUT2D eigenvalue weighted by atomic mass is 9.86. The first-order chi connectivity index (χ1) is 7.48. The summed E-state index contributed by atoms with van der Waals surface area (Å²) in [6.45, 7) is 1.92. The van der Waals surface area contributed by atoms with Crippen molar-refractivity contribution in [3.63, 3.8) is 0 Å². The van der Waals surface area contributed by atoms with Gasteiger partial charge in [-0.25, -0.2) is 0 Å². The maximum absolute atomic E-state index is 10.8. The second-order valence-electron chi connectivity index (χ2n) is 3.86. The van der Waals surface area contributed by atoms with Crippen molar-refractivity contribution in [2.24, 2.45) is 0 Å². The Morgan fingerprint density at radius 2 is 1.94 bits per heavy atom. The van der Waals surface area contributed by atoms with Crippen LogP contribution in [-0.4, -0.2) is 16.2 Å². The van der Waals surface area contributed by atoms with Crippen LogP contribution in [0, 0.1) is 0 Å². The SMILES string of the molecule is CCCC(O)(CC(=O)O)c1ccc(Br)cc1. The minimum absolute atomic E-state index is 0.261. The van der Waals surface area contributed by atoms with E-state index in [-0.39, 0.29) is 6.42 Å². The first kappa shape index (κ1) is 13.2. The molecule has 4 heteroatoms. The van der Waals surface area contributed by atoms with Gasteiger partial charge in [0.05, 0.1) is 6.42 Å². The van der Waals surface area contributed by atoms with E-state index in [1.54, 1.807) is 24.3 Å². The second-order valence-corrected chi connectivity index (χ2v) is 4.77. The third-order valence-electron chi connectivity index (χ3n) is 2.49. The predicted octanol–water partition coefficient (Wildman–Crippen LogP) is 2.91. The van der Waals surface area contributed by atoms with E-state index in [9.17, 15) is 9.90 Å². The smallest absolute Gasteiger partial charge is 0.306 e. The number of carbonyl (C=O) groups is 1. The minimum Gasteiger partial charge on any atom is -0.481 e. The quantitative estimate of drug-likeness (QED) is 0.875. The zero-order valence-electron chi connectivity index (χ0n) is 9.11. The number of hydrogen-bond acceptors (Lipinski definition) is 2. The van der Waals surface area contributed by atoms with Crippen LogP contribution in [-0.2, 0) is 10.4 Å². The molecule has 0 saturated carbocycles. The summed E-state index contributed by atoms with van der Waals surface area (Å²) in [6, 6.07) is 7.11. The Morgan fingerprint density at radius 1 is 1.38 bits per heavy atom. The molecular formula is C12H15BrO3. The van der Waals surface area contributed by atoms with Crippen LogP contribution < -0.4 is 0 Å². The highest BCUT2D eigenvalue weighted by Crippen LogP contribution is 2.31. The fourth-order valence-electron chi connectivity index (χ4n) is 1.76. The van der Waals surface area contributed by atoms with Gasteiger partial charge in [0, 0.05) is 4.47 Å². The number of aliphatic hydroxyl groups is 1. The fourth-order valence-corrected chi connectivity index (χ4v) is 2.02. The van der Waals surface area contributed by atoms with E-state index in [4.69, 9.17) is 5.11 Å². The molecule has 88 valence electrons. The van der Waals surface area contributed by atoms with Crippen molar-refractivity contribution in [1.82, 2.24) is 0 Å². The van der Waals surface area contributed by atoms with Crippen LogP contribution in [0.25, 0.3) is 0 Å². The third-order valence-corrected chi connectivity index (χ3v) is 3.02. The van der Waals surface area contributed by atoms with Crippen molar-refractivity contribution in [3.05, 3.63) is 34.3 Å². The molecular weight excluding hydrogens is 272 g/mol. The van der Waals surface area contributed by atoms with Crippen molar-refractivity contribution >= 4 is 21.9 Å². The molecule has 1 unspecified atom stereocenters. The Bertz CT molecular complexity index is 361. The number of halogens is 1. The predicted molar refractivity (Wildman–Crippen MR) is 65.2 cm³/mol. The van der Waals surface area contributed by atoms with Crippen molar-refractivity contribution in [1.29, 1.82) is 0 Å². The Balaban J connectivity index is 3.00. The van der Waals surface area contributed by atoms with E-state index >= 15 is 0 Å². The molecule has 1 aromatic rings. The van der Waals surface area contributed by atoms with Gasteiger partial charge in [0.1, 0.15) is 5.60 Å². The van der Waals surface area contributed by atoms with E-state index in [0.29, 0.717) is 12.0 Å². The molecule has 3 nitrogen and oxygen atoms in total. The summed E-state index contributed by atoms with van der Waals surface area (Å²) in [4.78, 5) is 10.8. The molecule has 1 rings (SSSR count). The van der Waals surface area contributed by atoms with Gasteiger partial charge in [0.15, 0.2) is 0 Å². The van der Waals surface area contributed by atoms with Gasteiger partial charge in [-0.2, -0.15) is 0 Å². The van der Waals surface area contributed by atoms with Gasteiger partial charge >= 0.3 is 5.97 Å². The van der Waals surface area contributed by atoms with Gasteiger partial charge in [-0.05, 0) is 24.1 Å². The van der Waals surface area contributed by atoms with Crippen LogP contribution in [0.15, 0.2) is 28.7 Å². The Morgan fingerprint density at radius 3 is 2.38 bits per heavy atom. The largest absolute Gasteiger partial charge is 0.481 e. The third kappa shape index (κ3) is 3.32. The highest BCUT2D eigenvalue weighted by molar-refractivity contribution is 9.10. The Kier molecular flexibility index (Phi) is 4.50. The number of aliphatic carboxylic acids is 1. The number of carboxylic acid groups (broad SMARTS) is 1. The number of benzene rings is 1.